The summed E-state index contributed by atoms with van der Waals surface area (Å²) in [7, 11) is 0. The number of nitrogens with one attached hydrogen (secondary N) is 3. The minimum Gasteiger partial charge on any atom is -0.463 e. The van der Waals surface area contributed by atoms with E-state index in [1.807, 2.05) is 24.3 Å². The molecule has 0 spiro atoms. The van der Waals surface area contributed by atoms with Gasteiger partial charge in [0.2, 0.25) is 5.95 Å². The van der Waals surface area contributed by atoms with E-state index < -0.39 is 6.03 Å². The molecule has 0 bridgehead atoms. The van der Waals surface area contributed by atoms with Gasteiger partial charge >= 0.3 is 6.03 Å². The Hall–Kier alpha value is -2.87. The molecule has 0 radical (unpaired) electrons. The van der Waals surface area contributed by atoms with Crippen LogP contribution >= 0.6 is 11.6 Å². The average Bonchev–Trinajstić information content (AvgIpc) is 3.17. The molecular weight excluding hydrogens is 392 g/mol. The summed E-state index contributed by atoms with van der Waals surface area (Å²) in [6.07, 6.45) is 6.90. The number of aliphatic imine (C=N–C) groups is 1. The van der Waals surface area contributed by atoms with Crippen molar-refractivity contribution >= 4 is 35.3 Å². The van der Waals surface area contributed by atoms with E-state index in [0.717, 1.165) is 32.2 Å². The van der Waals surface area contributed by atoms with Crippen molar-refractivity contribution in [3.8, 4) is 0 Å². The van der Waals surface area contributed by atoms with Crippen LogP contribution in [0.5, 0.6) is 0 Å². The summed E-state index contributed by atoms with van der Waals surface area (Å²) in [5, 5.41) is 9.04. The van der Waals surface area contributed by atoms with Crippen molar-refractivity contribution in [3.05, 3.63) is 47.2 Å². The number of amides is 2. The smallest absolute Gasteiger partial charge is 0.326 e. The van der Waals surface area contributed by atoms with Crippen LogP contribution in [-0.4, -0.2) is 41.2 Å². The van der Waals surface area contributed by atoms with Crippen LogP contribution in [0.4, 0.5) is 16.4 Å². The Balaban J connectivity index is 1.41. The summed E-state index contributed by atoms with van der Waals surface area (Å²) < 4.78 is 5.59. The Morgan fingerprint density at radius 3 is 2.76 bits per heavy atom. The second-order valence-corrected chi connectivity index (χ2v) is 7.17. The fourth-order valence-electron chi connectivity index (χ4n) is 2.76. The first-order valence-electron chi connectivity index (χ1n) is 9.70. The topological polar surface area (TPSA) is 101 Å². The fraction of sp³-hybridized carbons (Fsp3) is 0.400. The zero-order valence-corrected chi connectivity index (χ0v) is 17.1. The lowest BCUT2D eigenvalue weighted by Gasteiger charge is -2.09. The van der Waals surface area contributed by atoms with E-state index in [1.54, 1.807) is 0 Å². The van der Waals surface area contributed by atoms with Crippen LogP contribution in [0.25, 0.3) is 0 Å². The molecule has 29 heavy (non-hydrogen) atoms. The molecule has 1 fully saturated rings. The van der Waals surface area contributed by atoms with Crippen molar-refractivity contribution in [3.63, 3.8) is 0 Å². The molecule has 1 aliphatic rings. The number of urea groups is 1. The highest BCUT2D eigenvalue weighted by atomic mass is 35.5. The maximum absolute atomic E-state index is 12.0. The van der Waals surface area contributed by atoms with Gasteiger partial charge in [-0.25, -0.2) is 19.8 Å². The Labute approximate surface area is 175 Å². The maximum Gasteiger partial charge on any atom is 0.326 e. The van der Waals surface area contributed by atoms with Crippen LogP contribution in [0.15, 0.2) is 41.7 Å². The Kier molecular flexibility index (Phi) is 7.63. The van der Waals surface area contributed by atoms with Crippen molar-refractivity contribution in [2.24, 2.45) is 4.99 Å². The van der Waals surface area contributed by atoms with E-state index >= 15 is 0 Å². The van der Waals surface area contributed by atoms with Crippen molar-refractivity contribution in [2.45, 2.75) is 38.6 Å². The summed E-state index contributed by atoms with van der Waals surface area (Å²) in [5.41, 5.74) is 1.88. The minimum absolute atomic E-state index is 0.187. The molecule has 8 nitrogen and oxygen atoms in total. The fourth-order valence-corrected chi connectivity index (χ4v) is 2.86. The molecule has 1 unspecified atom stereocenters. The number of ether oxygens (including phenoxy) is 1. The molecular formula is C20H25ClN6O2. The van der Waals surface area contributed by atoms with Gasteiger partial charge < -0.3 is 15.4 Å². The molecule has 3 rings (SSSR count). The number of carbonyl (C=O) groups excluding carboxylic acids is 1. The third kappa shape index (κ3) is 6.90. The number of nitrogens with zero attached hydrogens (tertiary/aromatic N) is 3. The number of benzene rings is 1. The zero-order chi connectivity index (χ0) is 20.5. The van der Waals surface area contributed by atoms with Gasteiger partial charge in [0, 0.05) is 12.2 Å². The highest BCUT2D eigenvalue weighted by molar-refractivity contribution is 6.30. The lowest BCUT2D eigenvalue weighted by atomic mass is 10.1. The van der Waals surface area contributed by atoms with Crippen LogP contribution in [-0.2, 0) is 11.2 Å². The number of halogens is 1. The molecule has 1 aromatic heterocycles. The van der Waals surface area contributed by atoms with Gasteiger partial charge in [0.25, 0.3) is 6.02 Å². The molecule has 3 N–H and O–H groups in total. The number of carbonyl (C=O) groups is 1. The first-order chi connectivity index (χ1) is 14.1. The molecule has 1 aromatic carbocycles. The number of hydrogen-bond acceptors (Lipinski definition) is 5. The number of aromatic nitrogens is 2. The molecule has 1 aliphatic heterocycles. The van der Waals surface area contributed by atoms with Gasteiger partial charge in [-0.2, -0.15) is 0 Å². The average molecular weight is 417 g/mol. The van der Waals surface area contributed by atoms with E-state index in [0.29, 0.717) is 23.3 Å². The van der Waals surface area contributed by atoms with Crippen LogP contribution in [0.2, 0.25) is 5.02 Å². The van der Waals surface area contributed by atoms with Gasteiger partial charge in [-0.3, -0.25) is 5.32 Å². The number of unbranched alkanes of at least 4 members (excludes halogenated alkanes) is 1. The predicted molar refractivity (Wildman–Crippen MR) is 115 cm³/mol. The molecule has 9 heteroatoms. The van der Waals surface area contributed by atoms with Gasteiger partial charge in [0.1, 0.15) is 6.61 Å². The van der Waals surface area contributed by atoms with Crippen molar-refractivity contribution in [1.82, 2.24) is 15.3 Å². The molecule has 2 amide bonds. The quantitative estimate of drug-likeness (QED) is 0.567. The highest BCUT2D eigenvalue weighted by Gasteiger charge is 2.20. The molecule has 1 saturated heterocycles. The van der Waals surface area contributed by atoms with Crippen LogP contribution in [0, 0.1) is 0 Å². The van der Waals surface area contributed by atoms with E-state index in [2.05, 4.69) is 37.8 Å². The Morgan fingerprint density at radius 1 is 1.28 bits per heavy atom. The standard InChI is InChI=1S/C20H25ClN6O2/c1-2-3-10-22-20-26-17(13-29-20)9-6-14-4-7-16(8-5-14)25-19(28)27-18-23-11-15(21)12-24-18/h4-5,7-8,11-12,17H,2-3,6,9-10,13H2,1H3,(H,22,26)(H2,23,24,25,27,28). The number of amidine groups is 1. The predicted octanol–water partition coefficient (Wildman–Crippen LogP) is 3.85. The van der Waals surface area contributed by atoms with E-state index in [-0.39, 0.29) is 12.0 Å². The van der Waals surface area contributed by atoms with Gasteiger partial charge in [0.15, 0.2) is 0 Å². The lowest BCUT2D eigenvalue weighted by molar-refractivity contribution is 0.262. The largest absolute Gasteiger partial charge is 0.463 e. The second kappa shape index (κ2) is 10.6. The Morgan fingerprint density at radius 2 is 2.03 bits per heavy atom. The minimum atomic E-state index is -0.415. The summed E-state index contributed by atoms with van der Waals surface area (Å²) >= 11 is 5.72. The molecule has 0 saturated carbocycles. The first-order valence-corrected chi connectivity index (χ1v) is 10.1. The van der Waals surface area contributed by atoms with Gasteiger partial charge in [-0.15, -0.1) is 0 Å². The third-order valence-corrected chi connectivity index (χ3v) is 4.55. The second-order valence-electron chi connectivity index (χ2n) is 6.73. The lowest BCUT2D eigenvalue weighted by Crippen LogP contribution is -2.27. The van der Waals surface area contributed by atoms with Crippen molar-refractivity contribution in [2.75, 3.05) is 23.8 Å². The SMILES string of the molecule is CCCCN=C1NC(CCc2ccc(NC(=O)Nc3ncc(Cl)cn3)cc2)CO1. The normalized spacial score (nSPS) is 16.9. The number of aryl methyl sites for hydroxylation is 1. The van der Waals surface area contributed by atoms with Gasteiger partial charge in [0.05, 0.1) is 23.5 Å². The summed E-state index contributed by atoms with van der Waals surface area (Å²) in [6, 6.07) is 8.27. The van der Waals surface area contributed by atoms with E-state index in [9.17, 15) is 4.79 Å². The van der Waals surface area contributed by atoms with Gasteiger partial charge in [-0.05, 0) is 37.0 Å². The van der Waals surface area contributed by atoms with Crippen LogP contribution < -0.4 is 16.0 Å². The molecule has 2 heterocycles. The van der Waals surface area contributed by atoms with E-state index in [1.165, 1.54) is 18.0 Å². The van der Waals surface area contributed by atoms with Crippen LogP contribution in [0.1, 0.15) is 31.7 Å². The monoisotopic (exact) mass is 416 g/mol. The van der Waals surface area contributed by atoms with Crippen molar-refractivity contribution in [1.29, 1.82) is 0 Å². The molecule has 0 aliphatic carbocycles. The highest BCUT2D eigenvalue weighted by Crippen LogP contribution is 2.14. The first kappa shape index (κ1) is 20.9. The summed E-state index contributed by atoms with van der Waals surface area (Å²) in [5.74, 6) is 0.187. The van der Waals surface area contributed by atoms with Crippen molar-refractivity contribution < 1.29 is 9.53 Å². The number of anilines is 2. The number of rotatable bonds is 8. The summed E-state index contributed by atoms with van der Waals surface area (Å²) in [4.78, 5) is 24.3. The van der Waals surface area contributed by atoms with E-state index in [4.69, 9.17) is 16.3 Å². The van der Waals surface area contributed by atoms with Crippen LogP contribution in [0.3, 0.4) is 0 Å². The summed E-state index contributed by atoms with van der Waals surface area (Å²) in [6.45, 7) is 3.60. The molecule has 154 valence electrons. The maximum atomic E-state index is 12.0. The molecule has 1 atom stereocenters. The third-order valence-electron chi connectivity index (χ3n) is 4.35. The zero-order valence-electron chi connectivity index (χ0n) is 16.3. The number of hydrogen-bond donors (Lipinski definition) is 3. The van der Waals surface area contributed by atoms with Gasteiger partial charge in [-0.1, -0.05) is 37.1 Å². The Bertz CT molecular complexity index is 826. The molecule has 2 aromatic rings.